The number of carbonyl (C=O) groups excluding carboxylic acids is 2. The number of aryl methyl sites for hydroxylation is 2. The molecule has 11 heteroatoms. The van der Waals surface area contributed by atoms with E-state index in [1.54, 1.807) is 26.0 Å². The Morgan fingerprint density at radius 2 is 1.32 bits per heavy atom. The van der Waals surface area contributed by atoms with Gasteiger partial charge >= 0.3 is 18.1 Å². The predicted octanol–water partition coefficient (Wildman–Crippen LogP) is 3.76. The summed E-state index contributed by atoms with van der Waals surface area (Å²) in [7, 11) is -2.66. The number of sulfonamides is 1. The van der Waals surface area contributed by atoms with E-state index in [9.17, 15) is 31.2 Å². The summed E-state index contributed by atoms with van der Waals surface area (Å²) in [5, 5.41) is 0. The van der Waals surface area contributed by atoms with Gasteiger partial charge in [0, 0.05) is 0 Å². The quantitative estimate of drug-likeness (QED) is 0.439. The zero-order valence-electron chi connectivity index (χ0n) is 18.8. The van der Waals surface area contributed by atoms with Crippen molar-refractivity contribution >= 4 is 27.7 Å². The standard InChI is InChI=1S/C23H24F3NO6S/c1-14-5-9-16(10-6-14)19(27-34(30,31)17-11-7-15(2)8-12-17)13-18(23(24,25)26)20(21(28)32-3)22(29)33-4/h5-13,18,20,27H,1-4H3/b19-13+/t18-/m0/s1. The second kappa shape index (κ2) is 10.7. The number of ether oxygens (including phenoxy) is 2. The summed E-state index contributed by atoms with van der Waals surface area (Å²) in [5.41, 5.74) is 1.17. The highest BCUT2D eigenvalue weighted by Crippen LogP contribution is 2.36. The lowest BCUT2D eigenvalue weighted by Gasteiger charge is -2.24. The highest BCUT2D eigenvalue weighted by atomic mass is 32.2. The molecule has 0 saturated carbocycles. The summed E-state index contributed by atoms with van der Waals surface area (Å²) in [5.74, 6) is -8.10. The van der Waals surface area contributed by atoms with E-state index in [0.29, 0.717) is 6.08 Å². The summed E-state index contributed by atoms with van der Waals surface area (Å²) >= 11 is 0. The fraction of sp³-hybridized carbons (Fsp3) is 0.304. The number of methoxy groups -OCH3 is 2. The number of esters is 2. The SMILES string of the molecule is COC(=O)C(C(=O)OC)[C@H](/C=C(/NS(=O)(=O)c1ccc(C)cc1)c1ccc(C)cc1)C(F)(F)F. The van der Waals surface area contributed by atoms with Gasteiger partial charge in [0.05, 0.1) is 30.7 Å². The van der Waals surface area contributed by atoms with Gasteiger partial charge in [-0.2, -0.15) is 13.2 Å². The van der Waals surface area contributed by atoms with Gasteiger partial charge in [-0.15, -0.1) is 0 Å². The minimum Gasteiger partial charge on any atom is -0.468 e. The van der Waals surface area contributed by atoms with Crippen molar-refractivity contribution in [2.45, 2.75) is 24.9 Å². The third kappa shape index (κ3) is 6.60. The average Bonchev–Trinajstić information content (AvgIpc) is 2.77. The Labute approximate surface area is 195 Å². The molecule has 0 fully saturated rings. The number of benzene rings is 2. The molecule has 0 aliphatic rings. The first-order chi connectivity index (χ1) is 15.8. The molecule has 1 N–H and O–H groups in total. The minimum atomic E-state index is -5.13. The van der Waals surface area contributed by atoms with Gasteiger partial charge in [0.1, 0.15) is 0 Å². The molecule has 184 valence electrons. The van der Waals surface area contributed by atoms with Crippen LogP contribution in [0.2, 0.25) is 0 Å². The Kier molecular flexibility index (Phi) is 8.49. The van der Waals surface area contributed by atoms with E-state index in [0.717, 1.165) is 25.3 Å². The zero-order chi connectivity index (χ0) is 25.7. The predicted molar refractivity (Wildman–Crippen MR) is 118 cm³/mol. The Morgan fingerprint density at radius 1 is 0.882 bits per heavy atom. The fourth-order valence-corrected chi connectivity index (χ4v) is 4.13. The van der Waals surface area contributed by atoms with Crippen LogP contribution in [-0.2, 0) is 29.1 Å². The van der Waals surface area contributed by atoms with Crippen molar-refractivity contribution in [2.24, 2.45) is 11.8 Å². The highest BCUT2D eigenvalue weighted by Gasteiger charge is 2.51. The Morgan fingerprint density at radius 3 is 1.74 bits per heavy atom. The molecule has 7 nitrogen and oxygen atoms in total. The van der Waals surface area contributed by atoms with Crippen molar-refractivity contribution in [2.75, 3.05) is 14.2 Å². The number of allylic oxidation sites excluding steroid dienone is 1. The van der Waals surface area contributed by atoms with Crippen LogP contribution in [0.1, 0.15) is 16.7 Å². The number of nitrogens with one attached hydrogen (secondary N) is 1. The summed E-state index contributed by atoms with van der Waals surface area (Å²) in [4.78, 5) is 24.0. The van der Waals surface area contributed by atoms with Gasteiger partial charge < -0.3 is 9.47 Å². The maximum atomic E-state index is 14.1. The van der Waals surface area contributed by atoms with Crippen molar-refractivity contribution < 1.29 is 40.7 Å². The van der Waals surface area contributed by atoms with Crippen molar-refractivity contribution in [3.8, 4) is 0 Å². The largest absolute Gasteiger partial charge is 0.468 e. The van der Waals surface area contributed by atoms with Gasteiger partial charge in [-0.1, -0.05) is 47.5 Å². The van der Waals surface area contributed by atoms with E-state index in [-0.39, 0.29) is 10.5 Å². The van der Waals surface area contributed by atoms with Crippen molar-refractivity contribution in [3.63, 3.8) is 0 Å². The van der Waals surface area contributed by atoms with Crippen LogP contribution in [-0.4, -0.2) is 40.8 Å². The van der Waals surface area contributed by atoms with Crippen LogP contribution in [0.15, 0.2) is 59.5 Å². The molecule has 0 radical (unpaired) electrons. The third-order valence-corrected chi connectivity index (χ3v) is 6.31. The van der Waals surface area contributed by atoms with E-state index >= 15 is 0 Å². The fourth-order valence-electron chi connectivity index (χ4n) is 3.05. The van der Waals surface area contributed by atoms with Crippen molar-refractivity contribution in [1.29, 1.82) is 0 Å². The molecule has 0 bridgehead atoms. The lowest BCUT2D eigenvalue weighted by atomic mass is 9.89. The van der Waals surface area contributed by atoms with Crippen LogP contribution in [0.4, 0.5) is 13.2 Å². The molecule has 2 aromatic carbocycles. The first-order valence-electron chi connectivity index (χ1n) is 9.91. The summed E-state index contributed by atoms with van der Waals surface area (Å²) in [6.07, 6.45) is -4.65. The van der Waals surface area contributed by atoms with E-state index in [1.807, 2.05) is 0 Å². The summed E-state index contributed by atoms with van der Waals surface area (Å²) in [6, 6.07) is 11.7. The number of alkyl halides is 3. The number of hydrogen-bond donors (Lipinski definition) is 1. The van der Waals surface area contributed by atoms with Crippen LogP contribution in [0.25, 0.3) is 5.70 Å². The molecular weight excluding hydrogens is 475 g/mol. The molecule has 0 amide bonds. The van der Waals surface area contributed by atoms with Crippen LogP contribution in [0, 0.1) is 25.7 Å². The Hall–Kier alpha value is -3.34. The Bertz CT molecular complexity index is 1140. The van der Waals surface area contributed by atoms with Gasteiger partial charge in [-0.3, -0.25) is 14.3 Å². The second-order valence-corrected chi connectivity index (χ2v) is 9.14. The number of halogens is 3. The summed E-state index contributed by atoms with van der Waals surface area (Å²) in [6.45, 7) is 3.49. The Balaban J connectivity index is 2.70. The topological polar surface area (TPSA) is 98.8 Å². The highest BCUT2D eigenvalue weighted by molar-refractivity contribution is 7.89. The molecule has 0 unspecified atom stereocenters. The van der Waals surface area contributed by atoms with E-state index in [1.165, 1.54) is 36.4 Å². The maximum absolute atomic E-state index is 14.1. The lowest BCUT2D eigenvalue weighted by molar-refractivity contribution is -0.194. The molecule has 34 heavy (non-hydrogen) atoms. The average molecular weight is 500 g/mol. The first kappa shape index (κ1) is 26.9. The van der Waals surface area contributed by atoms with Crippen molar-refractivity contribution in [1.82, 2.24) is 4.72 Å². The van der Waals surface area contributed by atoms with Crippen LogP contribution in [0.5, 0.6) is 0 Å². The number of carbonyl (C=O) groups is 2. The first-order valence-corrected chi connectivity index (χ1v) is 11.4. The van der Waals surface area contributed by atoms with E-state index in [2.05, 4.69) is 14.2 Å². The third-order valence-electron chi connectivity index (χ3n) is 4.93. The number of rotatable bonds is 8. The maximum Gasteiger partial charge on any atom is 0.396 e. The molecule has 0 saturated heterocycles. The van der Waals surface area contributed by atoms with Crippen LogP contribution < -0.4 is 4.72 Å². The second-order valence-electron chi connectivity index (χ2n) is 7.46. The monoisotopic (exact) mass is 499 g/mol. The van der Waals surface area contributed by atoms with Crippen LogP contribution >= 0.6 is 0 Å². The van der Waals surface area contributed by atoms with Gasteiger partial charge in [0.15, 0.2) is 5.92 Å². The molecular formula is C23H24F3NO6S. The number of hydrogen-bond acceptors (Lipinski definition) is 6. The van der Waals surface area contributed by atoms with Crippen LogP contribution in [0.3, 0.4) is 0 Å². The molecule has 0 aliphatic carbocycles. The normalized spacial score (nSPS) is 13.4. The van der Waals surface area contributed by atoms with Gasteiger partial charge in [-0.25, -0.2) is 8.42 Å². The molecule has 1 atom stereocenters. The van der Waals surface area contributed by atoms with Gasteiger partial charge in [0.2, 0.25) is 0 Å². The molecule has 0 spiro atoms. The smallest absolute Gasteiger partial charge is 0.396 e. The van der Waals surface area contributed by atoms with Gasteiger partial charge in [0.25, 0.3) is 10.0 Å². The minimum absolute atomic E-state index is 0.0871. The molecule has 0 aliphatic heterocycles. The lowest BCUT2D eigenvalue weighted by Crippen LogP contribution is -2.40. The van der Waals surface area contributed by atoms with E-state index in [4.69, 9.17) is 0 Å². The van der Waals surface area contributed by atoms with E-state index < -0.39 is 45.7 Å². The van der Waals surface area contributed by atoms with Gasteiger partial charge in [-0.05, 0) is 37.6 Å². The van der Waals surface area contributed by atoms with Crippen molar-refractivity contribution in [3.05, 3.63) is 71.3 Å². The molecule has 2 rings (SSSR count). The summed E-state index contributed by atoms with van der Waals surface area (Å²) < 4.78 is 79.1. The molecule has 0 heterocycles. The zero-order valence-corrected chi connectivity index (χ0v) is 19.7. The molecule has 2 aromatic rings. The molecule has 0 aromatic heterocycles.